The molecular weight excluding hydrogens is 222 g/mol. The normalized spacial score (nSPS) is 14.8. The Hall–Kier alpha value is -0.570. The van der Waals surface area contributed by atoms with Crippen LogP contribution < -0.4 is 5.32 Å². The number of benzene rings is 1. The molecule has 1 aromatic carbocycles. The first-order valence-corrected chi connectivity index (χ1v) is 6.11. The number of nitrogens with one attached hydrogen (secondary N) is 1. The first kappa shape index (κ1) is 13.5. The first-order valence-electron chi connectivity index (χ1n) is 5.73. The zero-order chi connectivity index (χ0) is 12.0. The second kappa shape index (κ2) is 6.89. The highest BCUT2D eigenvalue weighted by Gasteiger charge is 2.16. The van der Waals surface area contributed by atoms with Crippen molar-refractivity contribution in [3.05, 3.63) is 34.9 Å². The van der Waals surface area contributed by atoms with E-state index in [1.165, 1.54) is 0 Å². The van der Waals surface area contributed by atoms with E-state index < -0.39 is 0 Å². The van der Waals surface area contributed by atoms with Gasteiger partial charge in [0.1, 0.15) is 0 Å². The molecule has 0 aromatic heterocycles. The molecule has 2 atom stereocenters. The van der Waals surface area contributed by atoms with Crippen LogP contribution in [0, 0.1) is 0 Å². The molecule has 0 saturated carbocycles. The molecule has 0 bridgehead atoms. The number of hydrogen-bond donors (Lipinski definition) is 1. The Bertz CT molecular complexity index is 317. The summed E-state index contributed by atoms with van der Waals surface area (Å²) in [6.07, 6.45) is 1.27. The summed E-state index contributed by atoms with van der Waals surface area (Å²) in [5, 5.41) is 3.91. The van der Waals surface area contributed by atoms with E-state index in [0.717, 1.165) is 23.6 Å². The molecular formula is C13H20ClNO. The molecule has 1 rings (SSSR count). The minimum atomic E-state index is 0.0219. The fourth-order valence-corrected chi connectivity index (χ4v) is 1.79. The Morgan fingerprint density at radius 1 is 1.38 bits per heavy atom. The summed E-state index contributed by atoms with van der Waals surface area (Å²) in [7, 11) is 1.92. The summed E-state index contributed by atoms with van der Waals surface area (Å²) in [6.45, 7) is 4.97. The molecule has 0 amide bonds. The van der Waals surface area contributed by atoms with Crippen LogP contribution in [0.1, 0.15) is 31.9 Å². The van der Waals surface area contributed by atoms with Crippen LogP contribution in [0.15, 0.2) is 24.3 Å². The van der Waals surface area contributed by atoms with Crippen LogP contribution in [0.2, 0.25) is 5.02 Å². The van der Waals surface area contributed by atoms with Crippen LogP contribution in [-0.2, 0) is 4.74 Å². The summed E-state index contributed by atoms with van der Waals surface area (Å²) in [4.78, 5) is 0. The minimum absolute atomic E-state index is 0.0219. The van der Waals surface area contributed by atoms with Crippen LogP contribution in [0.25, 0.3) is 0 Å². The highest BCUT2D eigenvalue weighted by molar-refractivity contribution is 6.31. The molecule has 16 heavy (non-hydrogen) atoms. The molecule has 0 aliphatic carbocycles. The second-order valence-corrected chi connectivity index (χ2v) is 4.33. The van der Waals surface area contributed by atoms with Crippen LogP contribution in [0.5, 0.6) is 0 Å². The molecule has 2 unspecified atom stereocenters. The molecule has 2 nitrogen and oxygen atoms in total. The summed E-state index contributed by atoms with van der Waals surface area (Å²) in [5.74, 6) is 0. The monoisotopic (exact) mass is 241 g/mol. The van der Waals surface area contributed by atoms with Crippen molar-refractivity contribution < 1.29 is 4.74 Å². The van der Waals surface area contributed by atoms with Crippen LogP contribution in [-0.4, -0.2) is 19.7 Å². The number of rotatable bonds is 6. The quantitative estimate of drug-likeness (QED) is 0.824. The summed E-state index contributed by atoms with van der Waals surface area (Å²) < 4.78 is 5.96. The lowest BCUT2D eigenvalue weighted by Gasteiger charge is -2.22. The van der Waals surface area contributed by atoms with Gasteiger partial charge < -0.3 is 10.1 Å². The summed E-state index contributed by atoms with van der Waals surface area (Å²) >= 11 is 6.17. The topological polar surface area (TPSA) is 21.3 Å². The van der Waals surface area contributed by atoms with Gasteiger partial charge in [0.05, 0.1) is 12.2 Å². The van der Waals surface area contributed by atoms with Crippen molar-refractivity contribution in [3.8, 4) is 0 Å². The number of hydrogen-bond acceptors (Lipinski definition) is 2. The maximum atomic E-state index is 6.17. The largest absolute Gasteiger partial charge is 0.369 e. The van der Waals surface area contributed by atoms with E-state index in [4.69, 9.17) is 16.3 Å². The van der Waals surface area contributed by atoms with E-state index in [2.05, 4.69) is 19.2 Å². The Morgan fingerprint density at radius 3 is 2.62 bits per heavy atom. The highest BCUT2D eigenvalue weighted by Crippen LogP contribution is 2.26. The van der Waals surface area contributed by atoms with Gasteiger partial charge in [0.25, 0.3) is 0 Å². The minimum Gasteiger partial charge on any atom is -0.369 e. The predicted octanol–water partition coefficient (Wildman–Crippen LogP) is 3.42. The van der Waals surface area contributed by atoms with Gasteiger partial charge in [0, 0.05) is 17.1 Å². The molecule has 1 N–H and O–H groups in total. The smallest absolute Gasteiger partial charge is 0.0967 e. The van der Waals surface area contributed by atoms with Gasteiger partial charge in [-0.2, -0.15) is 0 Å². The molecule has 1 aromatic rings. The van der Waals surface area contributed by atoms with Crippen molar-refractivity contribution in [1.29, 1.82) is 0 Å². The summed E-state index contributed by atoms with van der Waals surface area (Å²) in [6, 6.07) is 7.85. The molecule has 90 valence electrons. The molecule has 0 fully saturated rings. The first-order chi connectivity index (χ1) is 7.69. The van der Waals surface area contributed by atoms with Crippen molar-refractivity contribution in [2.75, 3.05) is 13.6 Å². The van der Waals surface area contributed by atoms with Gasteiger partial charge >= 0.3 is 0 Å². The van der Waals surface area contributed by atoms with Crippen LogP contribution >= 0.6 is 11.6 Å². The van der Waals surface area contributed by atoms with Crippen molar-refractivity contribution in [2.24, 2.45) is 0 Å². The van der Waals surface area contributed by atoms with Crippen molar-refractivity contribution in [3.63, 3.8) is 0 Å². The van der Waals surface area contributed by atoms with E-state index >= 15 is 0 Å². The third-order valence-electron chi connectivity index (χ3n) is 2.61. The van der Waals surface area contributed by atoms with Gasteiger partial charge in [-0.25, -0.2) is 0 Å². The van der Waals surface area contributed by atoms with Crippen molar-refractivity contribution in [2.45, 2.75) is 32.5 Å². The third kappa shape index (κ3) is 3.78. The van der Waals surface area contributed by atoms with Gasteiger partial charge in [0.15, 0.2) is 0 Å². The zero-order valence-electron chi connectivity index (χ0n) is 10.2. The van der Waals surface area contributed by atoms with Gasteiger partial charge in [0.2, 0.25) is 0 Å². The van der Waals surface area contributed by atoms with Gasteiger partial charge in [-0.1, -0.05) is 36.7 Å². The number of halogens is 1. The standard InChI is InChI=1S/C13H20ClNO/c1-4-10(2)16-13(9-15-3)11-7-5-6-8-12(11)14/h5-8,10,13,15H,4,9H2,1-3H3. The number of likely N-dealkylation sites (N-methyl/N-ethyl adjacent to an activating group) is 1. The van der Waals surface area contributed by atoms with E-state index in [9.17, 15) is 0 Å². The maximum absolute atomic E-state index is 6.17. The van der Waals surface area contributed by atoms with E-state index in [0.29, 0.717) is 0 Å². The lowest BCUT2D eigenvalue weighted by atomic mass is 10.1. The average molecular weight is 242 g/mol. The Kier molecular flexibility index (Phi) is 5.81. The Morgan fingerprint density at radius 2 is 2.06 bits per heavy atom. The SMILES string of the molecule is CCC(C)OC(CNC)c1ccccc1Cl. The van der Waals surface area contributed by atoms with E-state index in [-0.39, 0.29) is 12.2 Å². The molecule has 0 aliphatic rings. The van der Waals surface area contributed by atoms with Gasteiger partial charge in [-0.15, -0.1) is 0 Å². The summed E-state index contributed by atoms with van der Waals surface area (Å²) in [5.41, 5.74) is 1.05. The van der Waals surface area contributed by atoms with E-state index in [1.54, 1.807) is 0 Å². The second-order valence-electron chi connectivity index (χ2n) is 3.92. The van der Waals surface area contributed by atoms with Crippen LogP contribution in [0.4, 0.5) is 0 Å². The molecule has 0 radical (unpaired) electrons. The molecule has 3 heteroatoms. The van der Waals surface area contributed by atoms with Crippen molar-refractivity contribution >= 4 is 11.6 Å². The average Bonchev–Trinajstić information content (AvgIpc) is 2.29. The Labute approximate surface area is 103 Å². The fraction of sp³-hybridized carbons (Fsp3) is 0.538. The zero-order valence-corrected chi connectivity index (χ0v) is 10.9. The molecule has 0 aliphatic heterocycles. The van der Waals surface area contributed by atoms with Crippen LogP contribution in [0.3, 0.4) is 0 Å². The number of ether oxygens (including phenoxy) is 1. The van der Waals surface area contributed by atoms with Gasteiger partial charge in [-0.05, 0) is 26.5 Å². The predicted molar refractivity (Wildman–Crippen MR) is 69.0 cm³/mol. The Balaban J connectivity index is 2.80. The lowest BCUT2D eigenvalue weighted by molar-refractivity contribution is -0.00352. The molecule has 0 spiro atoms. The fourth-order valence-electron chi connectivity index (χ4n) is 1.53. The van der Waals surface area contributed by atoms with E-state index in [1.807, 2.05) is 31.3 Å². The van der Waals surface area contributed by atoms with Crippen molar-refractivity contribution in [1.82, 2.24) is 5.32 Å². The maximum Gasteiger partial charge on any atom is 0.0967 e. The van der Waals surface area contributed by atoms with Gasteiger partial charge in [-0.3, -0.25) is 0 Å². The highest BCUT2D eigenvalue weighted by atomic mass is 35.5. The third-order valence-corrected chi connectivity index (χ3v) is 2.96. The molecule has 0 saturated heterocycles. The molecule has 0 heterocycles. The lowest BCUT2D eigenvalue weighted by Crippen LogP contribution is -2.23.